The van der Waals surface area contributed by atoms with Crippen LogP contribution in [0, 0.1) is 12.3 Å². The lowest BCUT2D eigenvalue weighted by molar-refractivity contribution is -0.144. The second kappa shape index (κ2) is 33.1. The molecule has 4 amide bonds. The number of nitrogens with one attached hydrogen (secondary N) is 2. The molecule has 19 nitrogen and oxygen atoms in total. The summed E-state index contributed by atoms with van der Waals surface area (Å²) in [4.78, 5) is 64.3. The molecule has 84 heavy (non-hydrogen) atoms. The molecular formula is C64H84N6O13S. The maximum Gasteiger partial charge on any atom is 0.246 e. The third-order valence-electron chi connectivity index (χ3n) is 14.7. The first-order chi connectivity index (χ1) is 40.6. The van der Waals surface area contributed by atoms with Gasteiger partial charge in [-0.05, 0) is 94.1 Å². The minimum atomic E-state index is -0.936. The highest BCUT2D eigenvalue weighted by Crippen LogP contribution is 2.36. The van der Waals surface area contributed by atoms with Crippen molar-refractivity contribution in [3.63, 3.8) is 0 Å². The number of phenols is 2. The van der Waals surface area contributed by atoms with Gasteiger partial charge in [-0.2, -0.15) is 0 Å². The van der Waals surface area contributed by atoms with Crippen LogP contribution in [0.4, 0.5) is 0 Å². The Morgan fingerprint density at radius 2 is 1.23 bits per heavy atom. The number of hydrogen-bond donors (Lipinski definition) is 5. The van der Waals surface area contributed by atoms with Crippen LogP contribution in [0.15, 0.2) is 103 Å². The molecule has 5 aromatic rings. The number of carbonyl (C=O) groups excluding carboxylic acids is 4. The Morgan fingerprint density at radius 1 is 0.690 bits per heavy atom. The van der Waals surface area contributed by atoms with Crippen molar-refractivity contribution >= 4 is 46.1 Å². The molecule has 454 valence electrons. The molecule has 0 radical (unpaired) electrons. The van der Waals surface area contributed by atoms with E-state index in [1.807, 2.05) is 98.8 Å². The summed E-state index contributed by atoms with van der Waals surface area (Å²) < 4.78 is 34.2. The molecule has 0 aliphatic carbocycles. The van der Waals surface area contributed by atoms with Crippen molar-refractivity contribution in [2.45, 2.75) is 85.0 Å². The minimum absolute atomic E-state index is 0.0101. The zero-order chi connectivity index (χ0) is 59.8. The zero-order valence-electron chi connectivity index (χ0n) is 49.2. The maximum atomic E-state index is 14.0. The Labute approximate surface area is 497 Å². The lowest BCUT2D eigenvalue weighted by Gasteiger charge is -2.35. The summed E-state index contributed by atoms with van der Waals surface area (Å²) in [5.74, 6) is 0.0975. The number of aromatic nitrogens is 1. The molecule has 2 saturated heterocycles. The van der Waals surface area contributed by atoms with Crippen molar-refractivity contribution in [1.82, 2.24) is 30.3 Å². The smallest absolute Gasteiger partial charge is 0.246 e. The third kappa shape index (κ3) is 19.9. The van der Waals surface area contributed by atoms with Crippen LogP contribution >= 0.6 is 11.3 Å². The van der Waals surface area contributed by atoms with Crippen molar-refractivity contribution in [3.05, 3.63) is 131 Å². The number of aryl methyl sites for hydroxylation is 1. The highest BCUT2D eigenvalue weighted by atomic mass is 32.1. The predicted molar refractivity (Wildman–Crippen MR) is 322 cm³/mol. The molecule has 2 aliphatic heterocycles. The van der Waals surface area contributed by atoms with Crippen LogP contribution in [-0.4, -0.2) is 189 Å². The van der Waals surface area contributed by atoms with Crippen LogP contribution in [0.2, 0.25) is 0 Å². The number of aliphatic hydroxyl groups excluding tert-OH is 1. The summed E-state index contributed by atoms with van der Waals surface area (Å²) in [5.41, 5.74) is 9.21. The Morgan fingerprint density at radius 3 is 1.76 bits per heavy atom. The van der Waals surface area contributed by atoms with Crippen molar-refractivity contribution < 1.29 is 62.9 Å². The lowest BCUT2D eigenvalue weighted by Crippen LogP contribution is -2.57. The van der Waals surface area contributed by atoms with E-state index in [4.69, 9.17) is 28.4 Å². The van der Waals surface area contributed by atoms with Crippen LogP contribution < -0.4 is 15.4 Å². The Bertz CT molecular complexity index is 2870. The Balaban J connectivity index is 0.668. The molecule has 2 fully saturated rings. The topological polar surface area (TPSA) is 231 Å². The largest absolute Gasteiger partial charge is 0.508 e. The number of aliphatic hydroxyl groups is 1. The number of allylic oxidation sites excluding steroid dienone is 1. The van der Waals surface area contributed by atoms with Gasteiger partial charge in [0.05, 0.1) is 94.7 Å². The number of hydrogen-bond acceptors (Lipinski definition) is 16. The highest BCUT2D eigenvalue weighted by molar-refractivity contribution is 7.13. The number of β-amino-alcohol motifs (C(OH)–C–C–N with tert-alkyl or cyclic N) is 1. The standard InChI is InChI=1S/C64H84N6O13S/c1-6-55(47-11-17-51(71)18-12-47)59(48-13-19-52(72)20-14-48)49-15-21-54(22-16-49)83-32-29-68-25-27-69(28-26-68)58(75)24-31-79-34-36-81-38-40-82-39-37-80-35-33-78-30-23-57(74)67-61(64(3,4)5)63(77)70-43-53(73)41-56(70)62(76)65-42-46-7-9-50(10-8-46)60-45(2)66-44-84-60/h7-22,44,53,56,61,71-73H,6,23-43H2,1-5H3,(H,65,76)(H,67,74)/t53-,56+,61-/m1/s1. The number of likely N-dealkylation sites (tertiary alicyclic amines) is 1. The van der Waals surface area contributed by atoms with Crippen molar-refractivity contribution in [2.75, 3.05) is 112 Å². The second-order valence-electron chi connectivity index (χ2n) is 21.9. The molecule has 3 atom stereocenters. The van der Waals surface area contributed by atoms with Crippen molar-refractivity contribution in [3.8, 4) is 27.7 Å². The lowest BCUT2D eigenvalue weighted by atomic mass is 9.85. The van der Waals surface area contributed by atoms with E-state index in [2.05, 4.69) is 39.6 Å². The van der Waals surface area contributed by atoms with E-state index in [1.165, 1.54) is 4.90 Å². The molecule has 4 aromatic carbocycles. The number of carbonyl (C=O) groups is 4. The maximum absolute atomic E-state index is 14.0. The Hall–Kier alpha value is -6.75. The van der Waals surface area contributed by atoms with Crippen LogP contribution in [0.25, 0.3) is 21.6 Å². The van der Waals surface area contributed by atoms with Gasteiger partial charge in [0.2, 0.25) is 23.6 Å². The molecule has 20 heteroatoms. The monoisotopic (exact) mass is 1180 g/mol. The fourth-order valence-corrected chi connectivity index (χ4v) is 10.9. The van der Waals surface area contributed by atoms with Crippen LogP contribution in [0.1, 0.15) is 81.3 Å². The number of piperazine rings is 1. The fourth-order valence-electron chi connectivity index (χ4n) is 10.0. The van der Waals surface area contributed by atoms with Gasteiger partial charge in [-0.1, -0.05) is 88.4 Å². The number of rotatable bonds is 32. The van der Waals surface area contributed by atoms with Gasteiger partial charge in [0, 0.05) is 58.7 Å². The summed E-state index contributed by atoms with van der Waals surface area (Å²) in [6.07, 6.45) is 0.327. The fraction of sp³-hybridized carbons (Fsp3) is 0.484. The molecule has 7 rings (SSSR count). The molecule has 5 N–H and O–H groups in total. The summed E-state index contributed by atoms with van der Waals surface area (Å²) in [6, 6.07) is 28.6. The van der Waals surface area contributed by atoms with E-state index in [1.54, 1.807) is 35.6 Å². The van der Waals surface area contributed by atoms with E-state index in [0.29, 0.717) is 79.0 Å². The van der Waals surface area contributed by atoms with Crippen LogP contribution in [-0.2, 0) is 49.4 Å². The molecular weight excluding hydrogens is 1090 g/mol. The van der Waals surface area contributed by atoms with E-state index in [0.717, 1.165) is 81.3 Å². The molecule has 0 spiro atoms. The van der Waals surface area contributed by atoms with Crippen molar-refractivity contribution in [2.24, 2.45) is 5.41 Å². The number of aromatic hydroxyl groups is 2. The van der Waals surface area contributed by atoms with Gasteiger partial charge in [-0.15, -0.1) is 11.3 Å². The minimum Gasteiger partial charge on any atom is -0.508 e. The van der Waals surface area contributed by atoms with Gasteiger partial charge < -0.3 is 64.2 Å². The summed E-state index contributed by atoms with van der Waals surface area (Å²) in [7, 11) is 0. The number of thiazole rings is 1. The zero-order valence-corrected chi connectivity index (χ0v) is 50.0. The van der Waals surface area contributed by atoms with Gasteiger partial charge in [0.15, 0.2) is 0 Å². The molecule has 0 unspecified atom stereocenters. The average molecular weight is 1180 g/mol. The highest BCUT2D eigenvalue weighted by Gasteiger charge is 2.44. The SMILES string of the molecule is CCC(=C(c1ccc(O)cc1)c1ccc(OCCN2CCN(C(=O)CCOCCOCCOCCOCCOCCC(=O)N[C@H](C(=O)N3C[C@H](O)C[C@H]3C(=O)NCc3ccc(-c4scnc4C)cc3)C(C)(C)C)CC2)cc1)c1ccc(O)cc1. The van der Waals surface area contributed by atoms with Crippen LogP contribution in [0.3, 0.4) is 0 Å². The molecule has 0 saturated carbocycles. The van der Waals surface area contributed by atoms with Crippen LogP contribution in [0.5, 0.6) is 17.2 Å². The number of amides is 4. The molecule has 2 aliphatic rings. The van der Waals surface area contributed by atoms with E-state index < -0.39 is 29.5 Å². The third-order valence-corrected chi connectivity index (χ3v) is 15.7. The average Bonchev–Trinajstić information content (AvgIpc) is 4.26. The van der Waals surface area contributed by atoms with E-state index in [-0.39, 0.29) is 68.4 Å². The van der Waals surface area contributed by atoms with Gasteiger partial charge in [-0.25, -0.2) is 4.98 Å². The van der Waals surface area contributed by atoms with Gasteiger partial charge >= 0.3 is 0 Å². The second-order valence-corrected chi connectivity index (χ2v) is 22.8. The summed E-state index contributed by atoms with van der Waals surface area (Å²) in [5, 5.41) is 36.2. The molecule has 3 heterocycles. The normalized spacial score (nSPS) is 16.3. The summed E-state index contributed by atoms with van der Waals surface area (Å²) in [6.45, 7) is 17.2. The molecule has 0 bridgehead atoms. The number of nitrogens with zero attached hydrogens (tertiary/aromatic N) is 4. The first-order valence-corrected chi connectivity index (χ1v) is 29.9. The number of phenolic OH excluding ortho intramolecular Hbond substituents is 2. The van der Waals surface area contributed by atoms with Gasteiger partial charge in [-0.3, -0.25) is 24.1 Å². The van der Waals surface area contributed by atoms with Crippen molar-refractivity contribution in [1.29, 1.82) is 0 Å². The predicted octanol–water partition coefficient (Wildman–Crippen LogP) is 7.09. The first-order valence-electron chi connectivity index (χ1n) is 29.1. The van der Waals surface area contributed by atoms with Gasteiger partial charge in [0.1, 0.15) is 35.9 Å². The summed E-state index contributed by atoms with van der Waals surface area (Å²) >= 11 is 1.57. The Kier molecular flexibility index (Phi) is 25.5. The molecule has 1 aromatic heterocycles. The quantitative estimate of drug-likeness (QED) is 0.0214. The van der Waals surface area contributed by atoms with E-state index in [9.17, 15) is 34.5 Å². The van der Waals surface area contributed by atoms with Gasteiger partial charge in [0.25, 0.3) is 0 Å². The number of ether oxygens (including phenoxy) is 6. The first kappa shape index (κ1) is 64.8. The van der Waals surface area contributed by atoms with E-state index >= 15 is 0 Å². The number of benzene rings is 4.